The van der Waals surface area contributed by atoms with Gasteiger partial charge in [0.15, 0.2) is 0 Å². The monoisotopic (exact) mass is 275 g/mol. The zero-order valence-corrected chi connectivity index (χ0v) is 13.0. The topological polar surface area (TPSA) is 21.3 Å². The molecule has 0 aromatic heterocycles. The van der Waals surface area contributed by atoms with Crippen LogP contribution >= 0.6 is 0 Å². The van der Waals surface area contributed by atoms with Crippen LogP contribution < -0.4 is 10.1 Å². The smallest absolute Gasteiger partial charge is 0.119 e. The van der Waals surface area contributed by atoms with Crippen molar-refractivity contribution in [3.8, 4) is 5.75 Å². The maximum atomic E-state index is 5.82. The number of nitrogens with one attached hydrogen (secondary N) is 1. The van der Waals surface area contributed by atoms with E-state index in [0.29, 0.717) is 6.04 Å². The Balaban J connectivity index is 1.64. The molecule has 1 aliphatic rings. The first-order chi connectivity index (χ1) is 9.74. The minimum Gasteiger partial charge on any atom is -0.492 e. The average molecular weight is 275 g/mol. The molecule has 1 atom stereocenters. The maximum absolute atomic E-state index is 5.82. The van der Waals surface area contributed by atoms with E-state index in [1.807, 2.05) is 12.1 Å². The molecule has 0 heterocycles. The summed E-state index contributed by atoms with van der Waals surface area (Å²) in [6.07, 6.45) is 8.50. The van der Waals surface area contributed by atoms with Gasteiger partial charge < -0.3 is 10.1 Å². The standard InChI is InChI=1S/C18H29NO/c1-15-9-11-18(12-10-15)20-14-16(2)19-13-17-7-5-3-4-6-8-17/h9-12,16-17,19H,3-8,13-14H2,1-2H3. The lowest BCUT2D eigenvalue weighted by Crippen LogP contribution is -2.35. The molecule has 0 radical (unpaired) electrons. The van der Waals surface area contributed by atoms with Crippen LogP contribution in [0.25, 0.3) is 0 Å². The predicted molar refractivity (Wildman–Crippen MR) is 85.3 cm³/mol. The lowest BCUT2D eigenvalue weighted by atomic mass is 10.0. The van der Waals surface area contributed by atoms with E-state index in [2.05, 4.69) is 31.3 Å². The molecule has 1 aromatic carbocycles. The molecule has 1 saturated carbocycles. The molecular formula is C18H29NO. The SMILES string of the molecule is Cc1ccc(OCC(C)NCC2CCCCCC2)cc1. The molecule has 1 N–H and O–H groups in total. The largest absolute Gasteiger partial charge is 0.492 e. The highest BCUT2D eigenvalue weighted by molar-refractivity contribution is 5.26. The van der Waals surface area contributed by atoms with Crippen molar-refractivity contribution in [2.75, 3.05) is 13.2 Å². The number of ether oxygens (including phenoxy) is 1. The molecule has 1 unspecified atom stereocenters. The van der Waals surface area contributed by atoms with Crippen LogP contribution in [0, 0.1) is 12.8 Å². The van der Waals surface area contributed by atoms with Gasteiger partial charge in [-0.2, -0.15) is 0 Å². The highest BCUT2D eigenvalue weighted by atomic mass is 16.5. The van der Waals surface area contributed by atoms with Crippen LogP contribution in [0.3, 0.4) is 0 Å². The number of rotatable bonds is 6. The summed E-state index contributed by atoms with van der Waals surface area (Å²) >= 11 is 0. The van der Waals surface area contributed by atoms with E-state index in [1.165, 1.54) is 44.1 Å². The predicted octanol–water partition coefficient (Wildman–Crippen LogP) is 4.32. The van der Waals surface area contributed by atoms with Crippen molar-refractivity contribution >= 4 is 0 Å². The molecule has 20 heavy (non-hydrogen) atoms. The van der Waals surface area contributed by atoms with Gasteiger partial charge in [0.25, 0.3) is 0 Å². The van der Waals surface area contributed by atoms with E-state index in [4.69, 9.17) is 4.74 Å². The van der Waals surface area contributed by atoms with Crippen molar-refractivity contribution < 1.29 is 4.74 Å². The van der Waals surface area contributed by atoms with Gasteiger partial charge in [-0.3, -0.25) is 0 Å². The van der Waals surface area contributed by atoms with Crippen molar-refractivity contribution in [2.45, 2.75) is 58.4 Å². The Kier molecular flexibility index (Phi) is 6.38. The summed E-state index contributed by atoms with van der Waals surface area (Å²) in [5.74, 6) is 1.85. The summed E-state index contributed by atoms with van der Waals surface area (Å²) < 4.78 is 5.82. The van der Waals surface area contributed by atoms with Gasteiger partial charge >= 0.3 is 0 Å². The Morgan fingerprint density at radius 1 is 1.10 bits per heavy atom. The first-order valence-corrected chi connectivity index (χ1v) is 8.17. The van der Waals surface area contributed by atoms with E-state index in [-0.39, 0.29) is 0 Å². The fourth-order valence-electron chi connectivity index (χ4n) is 2.85. The van der Waals surface area contributed by atoms with Gasteiger partial charge in [0, 0.05) is 6.04 Å². The van der Waals surface area contributed by atoms with Crippen LogP contribution in [-0.2, 0) is 0 Å². The quantitative estimate of drug-likeness (QED) is 0.781. The van der Waals surface area contributed by atoms with Crippen molar-refractivity contribution in [1.82, 2.24) is 5.32 Å². The van der Waals surface area contributed by atoms with E-state index >= 15 is 0 Å². The average Bonchev–Trinajstić information content (AvgIpc) is 2.73. The highest BCUT2D eigenvalue weighted by Crippen LogP contribution is 2.22. The van der Waals surface area contributed by atoms with E-state index in [1.54, 1.807) is 0 Å². The Labute approximate surface area is 123 Å². The van der Waals surface area contributed by atoms with Crippen molar-refractivity contribution in [2.24, 2.45) is 5.92 Å². The third kappa shape index (κ3) is 5.54. The normalized spacial score (nSPS) is 18.5. The number of hydrogen-bond donors (Lipinski definition) is 1. The minimum atomic E-state index is 0.416. The van der Waals surface area contributed by atoms with Gasteiger partial charge in [-0.05, 0) is 51.3 Å². The molecule has 0 bridgehead atoms. The molecule has 0 spiro atoms. The van der Waals surface area contributed by atoms with E-state index in [0.717, 1.165) is 24.8 Å². The number of benzene rings is 1. The van der Waals surface area contributed by atoms with Gasteiger partial charge in [0.2, 0.25) is 0 Å². The summed E-state index contributed by atoms with van der Waals surface area (Å²) in [5.41, 5.74) is 1.27. The van der Waals surface area contributed by atoms with Gasteiger partial charge in [-0.25, -0.2) is 0 Å². The van der Waals surface area contributed by atoms with Gasteiger partial charge in [0.05, 0.1) is 0 Å². The zero-order chi connectivity index (χ0) is 14.2. The second kappa shape index (κ2) is 8.31. The first-order valence-electron chi connectivity index (χ1n) is 8.17. The second-order valence-electron chi connectivity index (χ2n) is 6.29. The van der Waals surface area contributed by atoms with Crippen LogP contribution in [0.5, 0.6) is 5.75 Å². The Bertz CT molecular complexity index is 366. The van der Waals surface area contributed by atoms with Crippen molar-refractivity contribution in [1.29, 1.82) is 0 Å². The summed E-state index contributed by atoms with van der Waals surface area (Å²) in [7, 11) is 0. The summed E-state index contributed by atoms with van der Waals surface area (Å²) in [6.45, 7) is 6.21. The number of hydrogen-bond acceptors (Lipinski definition) is 2. The summed E-state index contributed by atoms with van der Waals surface area (Å²) in [6, 6.07) is 8.71. The van der Waals surface area contributed by atoms with Crippen LogP contribution in [0.4, 0.5) is 0 Å². The zero-order valence-electron chi connectivity index (χ0n) is 13.0. The molecule has 0 amide bonds. The molecule has 0 saturated heterocycles. The third-order valence-corrected chi connectivity index (χ3v) is 4.25. The molecular weight excluding hydrogens is 246 g/mol. The fourth-order valence-corrected chi connectivity index (χ4v) is 2.85. The lowest BCUT2D eigenvalue weighted by Gasteiger charge is -2.19. The number of aryl methyl sites for hydroxylation is 1. The Morgan fingerprint density at radius 3 is 2.40 bits per heavy atom. The molecule has 2 rings (SSSR count). The summed E-state index contributed by atoms with van der Waals surface area (Å²) in [4.78, 5) is 0. The van der Waals surface area contributed by atoms with Crippen molar-refractivity contribution in [3.05, 3.63) is 29.8 Å². The van der Waals surface area contributed by atoms with Crippen molar-refractivity contribution in [3.63, 3.8) is 0 Å². The molecule has 1 aromatic rings. The molecule has 112 valence electrons. The highest BCUT2D eigenvalue weighted by Gasteiger charge is 2.13. The fraction of sp³-hybridized carbons (Fsp3) is 0.667. The second-order valence-corrected chi connectivity index (χ2v) is 6.29. The van der Waals surface area contributed by atoms with Gasteiger partial charge in [0.1, 0.15) is 12.4 Å². The maximum Gasteiger partial charge on any atom is 0.119 e. The van der Waals surface area contributed by atoms with Crippen LogP contribution in [0.2, 0.25) is 0 Å². The molecule has 1 aliphatic carbocycles. The van der Waals surface area contributed by atoms with E-state index < -0.39 is 0 Å². The Hall–Kier alpha value is -1.02. The third-order valence-electron chi connectivity index (χ3n) is 4.25. The van der Waals surface area contributed by atoms with Crippen LogP contribution in [0.15, 0.2) is 24.3 Å². The first kappa shape index (κ1) is 15.4. The van der Waals surface area contributed by atoms with E-state index in [9.17, 15) is 0 Å². The molecule has 0 aliphatic heterocycles. The molecule has 2 nitrogen and oxygen atoms in total. The van der Waals surface area contributed by atoms with Crippen LogP contribution in [0.1, 0.15) is 51.0 Å². The van der Waals surface area contributed by atoms with Gasteiger partial charge in [-0.1, -0.05) is 43.4 Å². The molecule has 2 heteroatoms. The summed E-state index contributed by atoms with van der Waals surface area (Å²) in [5, 5.41) is 3.64. The van der Waals surface area contributed by atoms with Gasteiger partial charge in [-0.15, -0.1) is 0 Å². The minimum absolute atomic E-state index is 0.416. The molecule has 1 fully saturated rings. The lowest BCUT2D eigenvalue weighted by molar-refractivity contribution is 0.263. The Morgan fingerprint density at radius 2 is 1.75 bits per heavy atom. The van der Waals surface area contributed by atoms with Crippen LogP contribution in [-0.4, -0.2) is 19.2 Å².